The van der Waals surface area contributed by atoms with Crippen LogP contribution in [0.4, 0.5) is 0 Å². The summed E-state index contributed by atoms with van der Waals surface area (Å²) in [7, 11) is 5.79. The van der Waals surface area contributed by atoms with Crippen molar-refractivity contribution in [2.24, 2.45) is 11.3 Å². The largest absolute Gasteiger partial charge is 0.493 e. The van der Waals surface area contributed by atoms with Crippen LogP contribution in [0.3, 0.4) is 0 Å². The first-order valence-corrected chi connectivity index (χ1v) is 6.72. The zero-order valence-corrected chi connectivity index (χ0v) is 12.3. The van der Waals surface area contributed by atoms with Crippen LogP contribution >= 0.6 is 0 Å². The molecule has 1 heterocycles. The maximum Gasteiger partial charge on any atom is 0.161 e. The minimum atomic E-state index is 0.0899. The molecular weight excluding hydrogens is 242 g/mol. The summed E-state index contributed by atoms with van der Waals surface area (Å²) in [5.41, 5.74) is 4.24. The van der Waals surface area contributed by atoms with E-state index >= 15 is 0 Å². The van der Waals surface area contributed by atoms with Crippen molar-refractivity contribution in [1.29, 1.82) is 0 Å². The number of methoxy groups -OCH3 is 1. The van der Waals surface area contributed by atoms with Gasteiger partial charge in [-0.3, -0.25) is 16.0 Å². The van der Waals surface area contributed by atoms with Gasteiger partial charge in [0.15, 0.2) is 5.75 Å². The molecule has 1 unspecified atom stereocenters. The lowest BCUT2D eigenvalue weighted by atomic mass is 9.96. The lowest BCUT2D eigenvalue weighted by Gasteiger charge is -2.25. The molecule has 1 fully saturated rings. The normalized spacial score (nSPS) is 18.6. The second-order valence-electron chi connectivity index (χ2n) is 5.88. The molecule has 6 nitrogen and oxygen atoms in total. The van der Waals surface area contributed by atoms with Gasteiger partial charge in [0.1, 0.15) is 0 Å². The maximum atomic E-state index is 5.78. The fraction of sp³-hybridized carbons (Fsp3) is 0.769. The summed E-state index contributed by atoms with van der Waals surface area (Å²) in [4.78, 5) is 2.14. The van der Waals surface area contributed by atoms with Crippen LogP contribution in [0, 0.1) is 5.41 Å². The molecule has 108 valence electrons. The molecule has 3 N–H and O–H groups in total. The second-order valence-corrected chi connectivity index (χ2v) is 5.88. The van der Waals surface area contributed by atoms with Crippen molar-refractivity contribution >= 4 is 0 Å². The van der Waals surface area contributed by atoms with Crippen molar-refractivity contribution < 1.29 is 4.74 Å². The number of rotatable bonds is 7. The lowest BCUT2D eigenvalue weighted by Crippen LogP contribution is -2.36. The Morgan fingerprint density at radius 1 is 1.58 bits per heavy atom. The molecule has 0 aliphatic heterocycles. The molecule has 0 aromatic carbocycles. The van der Waals surface area contributed by atoms with Gasteiger partial charge in [-0.05, 0) is 32.4 Å². The highest BCUT2D eigenvalue weighted by molar-refractivity contribution is 5.31. The molecule has 0 amide bonds. The van der Waals surface area contributed by atoms with Crippen molar-refractivity contribution in [3.63, 3.8) is 0 Å². The first-order chi connectivity index (χ1) is 9.01. The van der Waals surface area contributed by atoms with Gasteiger partial charge in [-0.25, -0.2) is 0 Å². The Kier molecular flexibility index (Phi) is 4.13. The van der Waals surface area contributed by atoms with Crippen LogP contribution in [-0.2, 0) is 6.54 Å². The van der Waals surface area contributed by atoms with Crippen molar-refractivity contribution in [1.82, 2.24) is 20.1 Å². The van der Waals surface area contributed by atoms with Crippen molar-refractivity contribution in [2.75, 3.05) is 27.7 Å². The Morgan fingerprint density at radius 2 is 2.26 bits per heavy atom. The molecule has 1 atom stereocenters. The maximum absolute atomic E-state index is 5.78. The summed E-state index contributed by atoms with van der Waals surface area (Å²) < 4.78 is 7.45. The molecule has 1 aromatic rings. The van der Waals surface area contributed by atoms with E-state index in [1.165, 1.54) is 12.8 Å². The Balaban J connectivity index is 2.27. The number of hydrogen-bond acceptors (Lipinski definition) is 5. The number of aromatic nitrogens is 2. The van der Waals surface area contributed by atoms with Gasteiger partial charge in [-0.15, -0.1) is 0 Å². The van der Waals surface area contributed by atoms with E-state index in [9.17, 15) is 0 Å². The molecule has 0 spiro atoms. The number of likely N-dealkylation sites (N-methyl/N-ethyl adjacent to an activating group) is 1. The molecule has 1 aromatic heterocycles. The third-order valence-corrected chi connectivity index (χ3v) is 4.00. The van der Waals surface area contributed by atoms with Gasteiger partial charge in [0.05, 0.1) is 31.6 Å². The van der Waals surface area contributed by atoms with Crippen LogP contribution in [-0.4, -0.2) is 42.4 Å². The van der Waals surface area contributed by atoms with E-state index in [1.807, 2.05) is 4.68 Å². The van der Waals surface area contributed by atoms with E-state index in [2.05, 4.69) is 36.4 Å². The zero-order valence-electron chi connectivity index (χ0n) is 12.3. The first kappa shape index (κ1) is 14.3. The van der Waals surface area contributed by atoms with Gasteiger partial charge in [0.2, 0.25) is 0 Å². The predicted octanol–water partition coefficient (Wildman–Crippen LogP) is 0.758. The standard InChI is InChI=1S/C13H25N5O/c1-13(5-6-13)12(16-14)11-10(19-4)9-15-18(11)8-7-17(2)3/h9,12,16H,5-8,14H2,1-4H3. The molecule has 2 rings (SSSR count). The van der Waals surface area contributed by atoms with Crippen molar-refractivity contribution in [3.05, 3.63) is 11.9 Å². The minimum Gasteiger partial charge on any atom is -0.493 e. The number of hydrogen-bond donors (Lipinski definition) is 2. The lowest BCUT2D eigenvalue weighted by molar-refractivity contribution is 0.313. The molecule has 1 aliphatic carbocycles. The highest BCUT2D eigenvalue weighted by Gasteiger charge is 2.47. The topological polar surface area (TPSA) is 68.3 Å². The monoisotopic (exact) mass is 267 g/mol. The molecule has 0 saturated heterocycles. The SMILES string of the molecule is COc1cnn(CCN(C)C)c1C(NN)C1(C)CC1. The van der Waals surface area contributed by atoms with Crippen molar-refractivity contribution in [2.45, 2.75) is 32.4 Å². The Bertz CT molecular complexity index is 425. The third-order valence-electron chi connectivity index (χ3n) is 4.00. The molecule has 0 bridgehead atoms. The van der Waals surface area contributed by atoms with Crippen LogP contribution in [0.25, 0.3) is 0 Å². The molecule has 6 heteroatoms. The molecule has 1 aliphatic rings. The minimum absolute atomic E-state index is 0.0899. The fourth-order valence-corrected chi connectivity index (χ4v) is 2.40. The van der Waals surface area contributed by atoms with E-state index in [0.29, 0.717) is 0 Å². The van der Waals surface area contributed by atoms with Crippen LogP contribution < -0.4 is 16.0 Å². The van der Waals surface area contributed by atoms with Crippen molar-refractivity contribution in [3.8, 4) is 5.75 Å². The number of nitrogens with zero attached hydrogens (tertiary/aromatic N) is 3. The molecule has 1 saturated carbocycles. The number of nitrogens with one attached hydrogen (secondary N) is 1. The number of nitrogens with two attached hydrogens (primary N) is 1. The molecule has 0 radical (unpaired) electrons. The smallest absolute Gasteiger partial charge is 0.161 e. The summed E-state index contributed by atoms with van der Waals surface area (Å²) in [5, 5.41) is 4.44. The molecular formula is C13H25N5O. The highest BCUT2D eigenvalue weighted by atomic mass is 16.5. The van der Waals surface area contributed by atoms with Gasteiger partial charge < -0.3 is 9.64 Å². The quantitative estimate of drug-likeness (QED) is 0.564. The fourth-order valence-electron chi connectivity index (χ4n) is 2.40. The zero-order chi connectivity index (χ0) is 14.0. The Labute approximate surface area is 114 Å². The highest BCUT2D eigenvalue weighted by Crippen LogP contribution is 2.55. The summed E-state index contributed by atoms with van der Waals surface area (Å²) in [6.07, 6.45) is 4.15. The average Bonchev–Trinajstić information content (AvgIpc) is 2.98. The van der Waals surface area contributed by atoms with E-state index in [4.69, 9.17) is 10.6 Å². The van der Waals surface area contributed by atoms with E-state index in [1.54, 1.807) is 13.3 Å². The van der Waals surface area contributed by atoms with Gasteiger partial charge in [-0.1, -0.05) is 6.92 Å². The summed E-state index contributed by atoms with van der Waals surface area (Å²) in [6, 6.07) is 0.0899. The van der Waals surface area contributed by atoms with Gasteiger partial charge in [0.25, 0.3) is 0 Å². The Hall–Kier alpha value is -1.11. The summed E-state index contributed by atoms with van der Waals surface area (Å²) in [6.45, 7) is 4.02. The van der Waals surface area contributed by atoms with Crippen LogP contribution in [0.15, 0.2) is 6.20 Å². The van der Waals surface area contributed by atoms with E-state index < -0.39 is 0 Å². The summed E-state index contributed by atoms with van der Waals surface area (Å²) in [5.74, 6) is 6.60. The predicted molar refractivity (Wildman–Crippen MR) is 74.7 cm³/mol. The van der Waals surface area contributed by atoms with Gasteiger partial charge in [-0.2, -0.15) is 5.10 Å². The van der Waals surface area contributed by atoms with Crippen LogP contribution in [0.5, 0.6) is 5.75 Å². The van der Waals surface area contributed by atoms with Crippen LogP contribution in [0.2, 0.25) is 0 Å². The number of ether oxygens (including phenoxy) is 1. The second kappa shape index (κ2) is 5.48. The summed E-state index contributed by atoms with van der Waals surface area (Å²) >= 11 is 0. The number of hydrazine groups is 1. The first-order valence-electron chi connectivity index (χ1n) is 6.72. The molecule has 19 heavy (non-hydrogen) atoms. The van der Waals surface area contributed by atoms with Gasteiger partial charge in [0, 0.05) is 6.54 Å². The van der Waals surface area contributed by atoms with E-state index in [0.717, 1.165) is 24.5 Å². The van der Waals surface area contributed by atoms with Gasteiger partial charge >= 0.3 is 0 Å². The van der Waals surface area contributed by atoms with Crippen LogP contribution in [0.1, 0.15) is 31.5 Å². The third kappa shape index (κ3) is 2.91. The average molecular weight is 267 g/mol. The van der Waals surface area contributed by atoms with E-state index in [-0.39, 0.29) is 11.5 Å². The Morgan fingerprint density at radius 3 is 2.74 bits per heavy atom.